The van der Waals surface area contributed by atoms with E-state index < -0.39 is 12.1 Å². The number of nitrogens with zero attached hydrogens (tertiary/aromatic N) is 4. The minimum atomic E-state index is -4.84. The smallest absolute Gasteiger partial charge is 0.402 e. The van der Waals surface area contributed by atoms with Crippen LogP contribution in [0.2, 0.25) is 0 Å². The van der Waals surface area contributed by atoms with E-state index in [1.807, 2.05) is 10.7 Å². The zero-order valence-electron chi connectivity index (χ0n) is 18.1. The molecule has 3 fully saturated rings. The first-order valence-corrected chi connectivity index (χ1v) is 11.1. The molecule has 7 nitrogen and oxygen atoms in total. The molecular formula is C22H28F3N5O2. The van der Waals surface area contributed by atoms with Gasteiger partial charge in [-0.2, -0.15) is 5.10 Å². The van der Waals surface area contributed by atoms with Gasteiger partial charge in [-0.3, -0.25) is 9.58 Å². The van der Waals surface area contributed by atoms with E-state index in [1.54, 1.807) is 0 Å². The van der Waals surface area contributed by atoms with Crippen LogP contribution in [0.15, 0.2) is 18.3 Å². The van der Waals surface area contributed by atoms with Gasteiger partial charge in [-0.25, -0.2) is 4.98 Å². The van der Waals surface area contributed by atoms with Crippen LogP contribution >= 0.6 is 0 Å². The molecule has 2 aromatic rings. The average molecular weight is 451 g/mol. The Hall–Kier alpha value is -2.33. The van der Waals surface area contributed by atoms with Gasteiger partial charge in [0.1, 0.15) is 0 Å². The van der Waals surface area contributed by atoms with E-state index in [-0.39, 0.29) is 18.5 Å². The summed E-state index contributed by atoms with van der Waals surface area (Å²) in [6.45, 7) is 6.36. The van der Waals surface area contributed by atoms with Crippen molar-refractivity contribution in [3.05, 3.63) is 24.0 Å². The highest BCUT2D eigenvalue weighted by atomic mass is 19.4. The molecule has 32 heavy (non-hydrogen) atoms. The van der Waals surface area contributed by atoms with E-state index in [0.29, 0.717) is 41.0 Å². The molecule has 174 valence electrons. The summed E-state index contributed by atoms with van der Waals surface area (Å²) in [5.41, 5.74) is 7.72. The Morgan fingerprint density at radius 1 is 1.22 bits per heavy atom. The second-order valence-corrected chi connectivity index (χ2v) is 9.63. The molecule has 4 atom stereocenters. The molecule has 0 amide bonds. The SMILES string of the molecule is CC(C)n1nc(-c2cnc(N)c(OC(F)(F)F)c2)cc1C1[C@H]2CC(N3CC(CO)C3)C[C@@H]12. The van der Waals surface area contributed by atoms with Gasteiger partial charge in [0.25, 0.3) is 0 Å². The van der Waals surface area contributed by atoms with E-state index in [1.165, 1.54) is 12.3 Å². The summed E-state index contributed by atoms with van der Waals surface area (Å²) < 4.78 is 44.1. The van der Waals surface area contributed by atoms with Crippen molar-refractivity contribution in [2.75, 3.05) is 25.4 Å². The molecule has 5 rings (SSSR count). The van der Waals surface area contributed by atoms with Crippen LogP contribution in [-0.2, 0) is 0 Å². The molecule has 10 heteroatoms. The number of likely N-dealkylation sites (tertiary alicyclic amines) is 1. The van der Waals surface area contributed by atoms with Crippen LogP contribution in [0.1, 0.15) is 44.3 Å². The number of anilines is 1. The molecular weight excluding hydrogens is 423 g/mol. The lowest BCUT2D eigenvalue weighted by atomic mass is 9.94. The lowest BCUT2D eigenvalue weighted by Gasteiger charge is -2.43. The Kier molecular flexibility index (Phi) is 5.12. The number of hydrogen-bond acceptors (Lipinski definition) is 6. The Balaban J connectivity index is 1.35. The molecule has 3 heterocycles. The zero-order valence-corrected chi connectivity index (χ0v) is 18.1. The van der Waals surface area contributed by atoms with Crippen molar-refractivity contribution in [2.45, 2.75) is 51.1 Å². The number of alkyl halides is 3. The van der Waals surface area contributed by atoms with Crippen molar-refractivity contribution < 1.29 is 23.0 Å². The van der Waals surface area contributed by atoms with E-state index in [4.69, 9.17) is 10.8 Å². The number of halogens is 3. The summed E-state index contributed by atoms with van der Waals surface area (Å²) in [5, 5.41) is 14.0. The van der Waals surface area contributed by atoms with Crippen LogP contribution in [0.4, 0.5) is 19.0 Å². The van der Waals surface area contributed by atoms with Crippen molar-refractivity contribution in [3.8, 4) is 17.0 Å². The summed E-state index contributed by atoms with van der Waals surface area (Å²) >= 11 is 0. The molecule has 0 bridgehead atoms. The van der Waals surface area contributed by atoms with Gasteiger partial charge >= 0.3 is 6.36 Å². The van der Waals surface area contributed by atoms with Gasteiger partial charge in [0.2, 0.25) is 0 Å². The van der Waals surface area contributed by atoms with Crippen molar-refractivity contribution >= 4 is 5.82 Å². The Morgan fingerprint density at radius 3 is 2.50 bits per heavy atom. The van der Waals surface area contributed by atoms with Gasteiger partial charge in [0.15, 0.2) is 11.6 Å². The number of hydrogen-bond donors (Lipinski definition) is 2. The summed E-state index contributed by atoms with van der Waals surface area (Å²) in [7, 11) is 0. The van der Waals surface area contributed by atoms with Gasteiger partial charge in [-0.1, -0.05) is 0 Å². The fourth-order valence-corrected chi connectivity index (χ4v) is 5.59. The Bertz CT molecular complexity index is 990. The molecule has 0 aromatic carbocycles. The van der Waals surface area contributed by atoms with Crippen molar-refractivity contribution in [1.82, 2.24) is 19.7 Å². The van der Waals surface area contributed by atoms with Crippen LogP contribution in [0.5, 0.6) is 5.75 Å². The van der Waals surface area contributed by atoms with Gasteiger partial charge in [-0.15, -0.1) is 13.2 Å². The number of fused-ring (bicyclic) bond motifs is 1. The fraction of sp³-hybridized carbons (Fsp3) is 0.636. The number of aromatic nitrogens is 3. The van der Waals surface area contributed by atoms with Gasteiger partial charge in [-0.05, 0) is 50.7 Å². The van der Waals surface area contributed by atoms with Crippen molar-refractivity contribution in [3.63, 3.8) is 0 Å². The quantitative estimate of drug-likeness (QED) is 0.700. The third-order valence-electron chi connectivity index (χ3n) is 7.18. The molecule has 2 aliphatic carbocycles. The van der Waals surface area contributed by atoms with Crippen LogP contribution in [0.25, 0.3) is 11.3 Å². The predicted molar refractivity (Wildman–Crippen MR) is 112 cm³/mol. The number of nitrogen functional groups attached to an aromatic ring is 1. The first-order valence-electron chi connectivity index (χ1n) is 11.1. The second kappa shape index (κ2) is 7.62. The fourth-order valence-electron chi connectivity index (χ4n) is 5.59. The van der Waals surface area contributed by atoms with Crippen LogP contribution in [0.3, 0.4) is 0 Å². The maximum Gasteiger partial charge on any atom is 0.573 e. The molecule has 2 saturated carbocycles. The average Bonchev–Trinajstić information content (AvgIpc) is 3.04. The molecule has 2 unspecified atom stereocenters. The molecule has 1 saturated heterocycles. The van der Waals surface area contributed by atoms with E-state index >= 15 is 0 Å². The summed E-state index contributed by atoms with van der Waals surface area (Å²) in [6.07, 6.45) is -1.11. The van der Waals surface area contributed by atoms with Crippen molar-refractivity contribution in [2.24, 2.45) is 17.8 Å². The predicted octanol–water partition coefficient (Wildman–Crippen LogP) is 3.42. The van der Waals surface area contributed by atoms with Gasteiger partial charge in [0, 0.05) is 61.1 Å². The van der Waals surface area contributed by atoms with E-state index in [2.05, 4.69) is 28.5 Å². The van der Waals surface area contributed by atoms with E-state index in [0.717, 1.165) is 31.6 Å². The molecule has 3 aliphatic rings. The Labute approximate surface area is 184 Å². The minimum absolute atomic E-state index is 0.129. The standard InChI is InChI=1S/C22H28F3N5O2/c1-11(2)30-18(20-15-4-14(5-16(15)20)29-8-12(9-29)10-31)6-17(28-30)13-3-19(21(26)27-7-13)32-22(23,24)25/h3,6-7,11-12,14-16,20,31H,4-5,8-10H2,1-2H3,(H2,26,27)/t14?,15-,16+,20?. The summed E-state index contributed by atoms with van der Waals surface area (Å²) in [6, 6.07) is 3.96. The molecule has 1 aliphatic heterocycles. The van der Waals surface area contributed by atoms with E-state index in [9.17, 15) is 18.3 Å². The minimum Gasteiger partial charge on any atom is -0.402 e. The maximum atomic E-state index is 12.7. The highest BCUT2D eigenvalue weighted by molar-refractivity contribution is 5.64. The van der Waals surface area contributed by atoms with Crippen LogP contribution in [-0.4, -0.2) is 56.9 Å². The molecule has 2 aromatic heterocycles. The second-order valence-electron chi connectivity index (χ2n) is 9.63. The third kappa shape index (κ3) is 3.83. The largest absolute Gasteiger partial charge is 0.573 e. The third-order valence-corrected chi connectivity index (χ3v) is 7.18. The Morgan fingerprint density at radius 2 is 1.91 bits per heavy atom. The number of aliphatic hydroxyl groups is 1. The first-order chi connectivity index (χ1) is 15.1. The molecule has 0 radical (unpaired) electrons. The normalized spacial score (nSPS) is 28.1. The lowest BCUT2D eigenvalue weighted by Crippen LogP contribution is -2.52. The van der Waals surface area contributed by atoms with Gasteiger partial charge in [0.05, 0.1) is 5.69 Å². The lowest BCUT2D eigenvalue weighted by molar-refractivity contribution is -0.274. The van der Waals surface area contributed by atoms with Gasteiger partial charge < -0.3 is 15.6 Å². The van der Waals surface area contributed by atoms with Crippen LogP contribution in [0, 0.1) is 17.8 Å². The molecule has 0 spiro atoms. The topological polar surface area (TPSA) is 89.4 Å². The summed E-state index contributed by atoms with van der Waals surface area (Å²) in [5.74, 6) is 1.25. The zero-order chi connectivity index (χ0) is 22.8. The first kappa shape index (κ1) is 21.5. The highest BCUT2D eigenvalue weighted by Gasteiger charge is 2.59. The number of pyridine rings is 1. The number of rotatable bonds is 6. The molecule has 3 N–H and O–H groups in total. The number of aliphatic hydroxyl groups excluding tert-OH is 1. The number of nitrogens with two attached hydrogens (primary N) is 1. The van der Waals surface area contributed by atoms with Crippen molar-refractivity contribution in [1.29, 1.82) is 0 Å². The monoisotopic (exact) mass is 451 g/mol. The maximum absolute atomic E-state index is 12.7. The number of ether oxygens (including phenoxy) is 1. The van der Waals surface area contributed by atoms with Crippen LogP contribution < -0.4 is 10.5 Å². The highest BCUT2D eigenvalue weighted by Crippen LogP contribution is 2.64. The summed E-state index contributed by atoms with van der Waals surface area (Å²) in [4.78, 5) is 6.36.